The van der Waals surface area contributed by atoms with Gasteiger partial charge in [-0.05, 0) is 36.7 Å². The maximum absolute atomic E-state index is 12.4. The van der Waals surface area contributed by atoms with Crippen LogP contribution in [0.15, 0.2) is 30.3 Å². The molecule has 126 valence electrons. The minimum Gasteiger partial charge on any atom is -0.480 e. The molecule has 23 heavy (non-hydrogen) atoms. The van der Waals surface area contributed by atoms with Crippen molar-refractivity contribution in [2.75, 3.05) is 6.54 Å². The van der Waals surface area contributed by atoms with Crippen LogP contribution in [-0.4, -0.2) is 34.7 Å². The smallest absolute Gasteiger partial charge is 0.410 e. The molecule has 1 amide bonds. The average molecular weight is 319 g/mol. The molecule has 0 saturated carbocycles. The van der Waals surface area contributed by atoms with Crippen LogP contribution < -0.4 is 0 Å². The molecule has 0 unspecified atom stereocenters. The van der Waals surface area contributed by atoms with Crippen LogP contribution in [0, 0.1) is 11.8 Å². The third kappa shape index (κ3) is 4.98. The van der Waals surface area contributed by atoms with Gasteiger partial charge in [-0.25, -0.2) is 9.59 Å². The van der Waals surface area contributed by atoms with Gasteiger partial charge < -0.3 is 9.84 Å². The van der Waals surface area contributed by atoms with Crippen molar-refractivity contribution in [2.24, 2.45) is 11.8 Å². The topological polar surface area (TPSA) is 66.8 Å². The number of carbonyl (C=O) groups excluding carboxylic acids is 1. The number of nitrogens with zero attached hydrogens (tertiary/aromatic N) is 1. The number of carboxylic acids is 1. The molecule has 1 heterocycles. The van der Waals surface area contributed by atoms with Gasteiger partial charge in [0.15, 0.2) is 0 Å². The fourth-order valence-electron chi connectivity index (χ4n) is 3.17. The Labute approximate surface area is 137 Å². The van der Waals surface area contributed by atoms with E-state index in [0.717, 1.165) is 18.4 Å². The Bertz CT molecular complexity index is 529. The number of hydrogen-bond donors (Lipinski definition) is 1. The molecular weight excluding hydrogens is 294 g/mol. The Morgan fingerprint density at radius 1 is 1.26 bits per heavy atom. The summed E-state index contributed by atoms with van der Waals surface area (Å²) in [5.41, 5.74) is 0.892. The molecule has 1 aliphatic heterocycles. The van der Waals surface area contributed by atoms with E-state index in [1.165, 1.54) is 4.90 Å². The van der Waals surface area contributed by atoms with E-state index in [1.54, 1.807) is 0 Å². The molecule has 1 aliphatic rings. The molecule has 0 aliphatic carbocycles. The Morgan fingerprint density at radius 2 is 1.96 bits per heavy atom. The second-order valence-electron chi connectivity index (χ2n) is 6.62. The van der Waals surface area contributed by atoms with E-state index < -0.39 is 18.1 Å². The highest BCUT2D eigenvalue weighted by atomic mass is 16.6. The molecule has 1 aromatic carbocycles. The number of piperidine rings is 1. The van der Waals surface area contributed by atoms with Crippen LogP contribution in [0.25, 0.3) is 0 Å². The number of benzene rings is 1. The molecule has 1 fully saturated rings. The number of amides is 1. The van der Waals surface area contributed by atoms with E-state index in [1.807, 2.05) is 30.3 Å². The van der Waals surface area contributed by atoms with Crippen molar-refractivity contribution in [1.82, 2.24) is 4.90 Å². The second kappa shape index (κ2) is 7.99. The van der Waals surface area contributed by atoms with Crippen molar-refractivity contribution in [1.29, 1.82) is 0 Å². The highest BCUT2D eigenvalue weighted by Gasteiger charge is 2.36. The van der Waals surface area contributed by atoms with E-state index in [0.29, 0.717) is 24.8 Å². The number of rotatable bonds is 5. The van der Waals surface area contributed by atoms with Gasteiger partial charge in [0, 0.05) is 6.54 Å². The summed E-state index contributed by atoms with van der Waals surface area (Å²) in [7, 11) is 0. The zero-order chi connectivity index (χ0) is 16.8. The molecule has 1 saturated heterocycles. The Hall–Kier alpha value is -2.04. The van der Waals surface area contributed by atoms with Crippen LogP contribution in [0.4, 0.5) is 4.79 Å². The molecular formula is C18H25NO4. The minimum atomic E-state index is -0.954. The lowest BCUT2D eigenvalue weighted by atomic mass is 9.87. The molecule has 5 heteroatoms. The van der Waals surface area contributed by atoms with Crippen LogP contribution in [-0.2, 0) is 16.1 Å². The van der Waals surface area contributed by atoms with Crippen LogP contribution >= 0.6 is 0 Å². The lowest BCUT2D eigenvalue weighted by molar-refractivity contribution is -0.144. The van der Waals surface area contributed by atoms with Crippen LogP contribution in [0.3, 0.4) is 0 Å². The van der Waals surface area contributed by atoms with Gasteiger partial charge in [-0.15, -0.1) is 0 Å². The summed E-state index contributed by atoms with van der Waals surface area (Å²) in [5, 5.41) is 9.36. The summed E-state index contributed by atoms with van der Waals surface area (Å²) in [6, 6.07) is 8.62. The molecule has 0 aromatic heterocycles. The Kier molecular flexibility index (Phi) is 6.02. The van der Waals surface area contributed by atoms with Crippen molar-refractivity contribution in [3.63, 3.8) is 0 Å². The van der Waals surface area contributed by atoms with Gasteiger partial charge in [-0.3, -0.25) is 4.90 Å². The number of ether oxygens (including phenoxy) is 1. The van der Waals surface area contributed by atoms with Gasteiger partial charge in [0.2, 0.25) is 0 Å². The van der Waals surface area contributed by atoms with Gasteiger partial charge >= 0.3 is 12.1 Å². The third-order valence-electron chi connectivity index (χ3n) is 4.21. The minimum absolute atomic E-state index is 0.164. The first-order valence-corrected chi connectivity index (χ1v) is 8.17. The lowest BCUT2D eigenvalue weighted by Crippen LogP contribution is -2.51. The molecule has 1 aromatic rings. The van der Waals surface area contributed by atoms with E-state index in [2.05, 4.69) is 13.8 Å². The Morgan fingerprint density at radius 3 is 2.57 bits per heavy atom. The van der Waals surface area contributed by atoms with Gasteiger partial charge in [0.1, 0.15) is 12.6 Å². The standard InChI is InChI=1S/C18H25NO4/c1-13(2)10-15-8-9-16(17(20)21)19(11-15)18(22)23-12-14-6-4-3-5-7-14/h3-7,13,15-16H,8-12H2,1-2H3,(H,20,21)/t15-,16-/m0/s1. The normalized spacial score (nSPS) is 21.3. The number of likely N-dealkylation sites (tertiary alicyclic amines) is 1. The summed E-state index contributed by atoms with van der Waals surface area (Å²) in [6.07, 6.45) is 1.80. The fourth-order valence-corrected chi connectivity index (χ4v) is 3.17. The first-order chi connectivity index (χ1) is 11.0. The molecule has 2 rings (SSSR count). The quantitative estimate of drug-likeness (QED) is 0.901. The number of carboxylic acid groups (broad SMARTS) is 1. The molecule has 0 radical (unpaired) electrons. The van der Waals surface area contributed by atoms with Crippen molar-refractivity contribution < 1.29 is 19.4 Å². The maximum Gasteiger partial charge on any atom is 0.410 e. The first-order valence-electron chi connectivity index (χ1n) is 8.17. The van der Waals surface area contributed by atoms with E-state index in [4.69, 9.17) is 4.74 Å². The number of carbonyl (C=O) groups is 2. The number of aliphatic carboxylic acids is 1. The maximum atomic E-state index is 12.4. The van der Waals surface area contributed by atoms with Crippen molar-refractivity contribution >= 4 is 12.1 Å². The zero-order valence-electron chi connectivity index (χ0n) is 13.8. The van der Waals surface area contributed by atoms with Crippen molar-refractivity contribution in [3.05, 3.63) is 35.9 Å². The summed E-state index contributed by atoms with van der Waals surface area (Å²) in [4.78, 5) is 25.2. The van der Waals surface area contributed by atoms with Gasteiger partial charge in [0.05, 0.1) is 0 Å². The number of hydrogen-bond acceptors (Lipinski definition) is 3. The third-order valence-corrected chi connectivity index (χ3v) is 4.21. The van der Waals surface area contributed by atoms with Gasteiger partial charge in [-0.1, -0.05) is 44.2 Å². The van der Waals surface area contributed by atoms with Gasteiger partial charge in [-0.2, -0.15) is 0 Å². The summed E-state index contributed by atoms with van der Waals surface area (Å²) in [6.45, 7) is 4.91. The molecule has 1 N–H and O–H groups in total. The molecule has 0 spiro atoms. The monoisotopic (exact) mass is 319 g/mol. The summed E-state index contributed by atoms with van der Waals surface area (Å²) >= 11 is 0. The van der Waals surface area contributed by atoms with E-state index in [9.17, 15) is 14.7 Å². The van der Waals surface area contributed by atoms with Crippen LogP contribution in [0.2, 0.25) is 0 Å². The highest BCUT2D eigenvalue weighted by Crippen LogP contribution is 2.27. The van der Waals surface area contributed by atoms with Crippen LogP contribution in [0.5, 0.6) is 0 Å². The molecule has 5 nitrogen and oxygen atoms in total. The lowest BCUT2D eigenvalue weighted by Gasteiger charge is -2.37. The highest BCUT2D eigenvalue weighted by molar-refractivity contribution is 5.80. The van der Waals surface area contributed by atoms with Crippen LogP contribution in [0.1, 0.15) is 38.7 Å². The summed E-state index contributed by atoms with van der Waals surface area (Å²) < 4.78 is 5.32. The van der Waals surface area contributed by atoms with Gasteiger partial charge in [0.25, 0.3) is 0 Å². The van der Waals surface area contributed by atoms with E-state index >= 15 is 0 Å². The average Bonchev–Trinajstić information content (AvgIpc) is 2.52. The van der Waals surface area contributed by atoms with Crippen molar-refractivity contribution in [3.8, 4) is 0 Å². The summed E-state index contributed by atoms with van der Waals surface area (Å²) in [5.74, 6) is -0.0805. The largest absolute Gasteiger partial charge is 0.480 e. The van der Waals surface area contributed by atoms with Crippen molar-refractivity contribution in [2.45, 2.75) is 45.8 Å². The predicted molar refractivity (Wildman–Crippen MR) is 86.9 cm³/mol. The molecule has 0 bridgehead atoms. The van der Waals surface area contributed by atoms with E-state index in [-0.39, 0.29) is 6.61 Å². The predicted octanol–water partition coefficient (Wildman–Crippen LogP) is 3.53. The second-order valence-corrected chi connectivity index (χ2v) is 6.62. The first kappa shape index (κ1) is 17.3. The SMILES string of the molecule is CC(C)C[C@@H]1CC[C@@H](C(=O)O)N(C(=O)OCc2ccccc2)C1. The fraction of sp³-hybridized carbons (Fsp3) is 0.556. The molecule has 2 atom stereocenters. The zero-order valence-corrected chi connectivity index (χ0v) is 13.8. The Balaban J connectivity index is 1.98.